The summed E-state index contributed by atoms with van der Waals surface area (Å²) in [7, 11) is -3.60. The topological polar surface area (TPSA) is 73.2 Å². The Morgan fingerprint density at radius 1 is 1.24 bits per heavy atom. The molecule has 0 aromatic heterocycles. The van der Waals surface area contributed by atoms with Crippen molar-refractivity contribution in [3.05, 3.63) is 35.9 Å². The second-order valence-corrected chi connectivity index (χ2v) is 6.90. The molecule has 1 aromatic rings. The molecule has 0 spiro atoms. The molecule has 0 radical (unpaired) electrons. The number of nitrogens with one attached hydrogen (secondary N) is 1. The Morgan fingerprint density at radius 3 is 2.29 bits per heavy atom. The van der Waals surface area contributed by atoms with Gasteiger partial charge in [-0.25, -0.2) is 13.1 Å². The second kappa shape index (κ2) is 8.13. The quantitative estimate of drug-likeness (QED) is 0.796. The van der Waals surface area contributed by atoms with Crippen LogP contribution in [0.2, 0.25) is 0 Å². The van der Waals surface area contributed by atoms with Gasteiger partial charge in [-0.05, 0) is 25.6 Å². The predicted octanol–water partition coefficient (Wildman–Crippen LogP) is 1.90. The second-order valence-electron chi connectivity index (χ2n) is 4.81. The van der Waals surface area contributed by atoms with Crippen molar-refractivity contribution >= 4 is 10.0 Å². The van der Waals surface area contributed by atoms with Gasteiger partial charge in [0, 0.05) is 12.6 Å². The number of likely N-dealkylation sites (N-methyl/N-ethyl adjacent to an activating group) is 1. The molecule has 0 saturated heterocycles. The van der Waals surface area contributed by atoms with Crippen molar-refractivity contribution in [2.24, 2.45) is 0 Å². The summed E-state index contributed by atoms with van der Waals surface area (Å²) in [4.78, 5) is 2.19. The van der Waals surface area contributed by atoms with Crippen molar-refractivity contribution in [1.29, 1.82) is 5.26 Å². The van der Waals surface area contributed by atoms with Gasteiger partial charge in [0.15, 0.2) is 5.25 Å². The zero-order chi connectivity index (χ0) is 15.9. The van der Waals surface area contributed by atoms with Gasteiger partial charge >= 0.3 is 0 Å². The lowest BCUT2D eigenvalue weighted by atomic mass is 10.1. The monoisotopic (exact) mass is 309 g/mol. The molecule has 1 N–H and O–H groups in total. The Labute approximate surface area is 127 Å². The fraction of sp³-hybridized carbons (Fsp3) is 0.533. The van der Waals surface area contributed by atoms with Crippen LogP contribution in [0.1, 0.15) is 32.4 Å². The molecule has 0 fully saturated rings. The van der Waals surface area contributed by atoms with E-state index < -0.39 is 15.3 Å². The molecule has 0 aliphatic heterocycles. The average molecular weight is 309 g/mol. The Bertz CT molecular complexity index is 562. The Morgan fingerprint density at radius 2 is 1.81 bits per heavy atom. The van der Waals surface area contributed by atoms with E-state index in [-0.39, 0.29) is 12.6 Å². The summed E-state index contributed by atoms with van der Waals surface area (Å²) in [5.41, 5.74) is 1.06. The summed E-state index contributed by atoms with van der Waals surface area (Å²) in [6.07, 6.45) is 0. The third-order valence-corrected chi connectivity index (χ3v) is 5.17. The van der Waals surface area contributed by atoms with Crippen LogP contribution < -0.4 is 4.72 Å². The number of nitriles is 1. The van der Waals surface area contributed by atoms with E-state index in [2.05, 4.69) is 9.62 Å². The summed E-state index contributed by atoms with van der Waals surface area (Å²) < 4.78 is 26.5. The molecule has 0 saturated carbocycles. The van der Waals surface area contributed by atoms with Gasteiger partial charge in [-0.3, -0.25) is 4.90 Å². The van der Waals surface area contributed by atoms with Gasteiger partial charge < -0.3 is 0 Å². The summed E-state index contributed by atoms with van der Waals surface area (Å²) in [6, 6.07) is 11.5. The zero-order valence-corrected chi connectivity index (χ0v) is 13.6. The molecule has 0 bridgehead atoms. The van der Waals surface area contributed by atoms with Crippen LogP contribution in [0, 0.1) is 11.3 Å². The highest BCUT2D eigenvalue weighted by Crippen LogP contribution is 2.20. The lowest BCUT2D eigenvalue weighted by molar-refractivity contribution is 0.220. The first-order chi connectivity index (χ1) is 9.96. The third-order valence-electron chi connectivity index (χ3n) is 3.56. The van der Waals surface area contributed by atoms with Crippen LogP contribution in [0.4, 0.5) is 0 Å². The van der Waals surface area contributed by atoms with Crippen molar-refractivity contribution in [2.45, 2.75) is 32.1 Å². The maximum absolute atomic E-state index is 11.9. The number of sulfonamides is 1. The highest BCUT2D eigenvalue weighted by Gasteiger charge is 2.24. The predicted molar refractivity (Wildman–Crippen MR) is 84.1 cm³/mol. The van der Waals surface area contributed by atoms with Crippen molar-refractivity contribution < 1.29 is 8.42 Å². The smallest absolute Gasteiger partial charge is 0.227 e. The summed E-state index contributed by atoms with van der Waals surface area (Å²) in [6.45, 7) is 7.40. The highest BCUT2D eigenvalue weighted by molar-refractivity contribution is 7.90. The number of hydrogen-bond acceptors (Lipinski definition) is 4. The maximum Gasteiger partial charge on any atom is 0.227 e. The van der Waals surface area contributed by atoms with E-state index >= 15 is 0 Å². The molecule has 1 aromatic carbocycles. The van der Waals surface area contributed by atoms with Crippen molar-refractivity contribution in [2.75, 3.05) is 19.6 Å². The molecule has 0 aliphatic carbocycles. The Balaban J connectivity index is 2.93. The normalized spacial score (nSPS) is 14.6. The largest absolute Gasteiger partial charge is 0.296 e. The maximum atomic E-state index is 11.9. The summed E-state index contributed by atoms with van der Waals surface area (Å²) in [5, 5.41) is 7.72. The lowest BCUT2D eigenvalue weighted by Gasteiger charge is -2.30. The number of rotatable bonds is 8. The zero-order valence-electron chi connectivity index (χ0n) is 12.8. The molecule has 6 heteroatoms. The first-order valence-corrected chi connectivity index (χ1v) is 8.68. The molecule has 0 amide bonds. The molecule has 0 heterocycles. The van der Waals surface area contributed by atoms with Crippen LogP contribution in [0.3, 0.4) is 0 Å². The molecular formula is C15H23N3O2S. The average Bonchev–Trinajstić information content (AvgIpc) is 2.51. The molecule has 5 nitrogen and oxygen atoms in total. The van der Waals surface area contributed by atoms with Gasteiger partial charge in [0.05, 0.1) is 6.07 Å². The minimum absolute atomic E-state index is 0.0399. The molecule has 21 heavy (non-hydrogen) atoms. The van der Waals surface area contributed by atoms with Gasteiger partial charge in [0.25, 0.3) is 0 Å². The van der Waals surface area contributed by atoms with Crippen LogP contribution in [-0.2, 0) is 10.0 Å². The van der Waals surface area contributed by atoms with Crippen LogP contribution in [0.15, 0.2) is 30.3 Å². The standard InChI is InChI=1S/C15H23N3O2S/c1-4-18(5-2)15(14-9-7-6-8-10-14)12-17-21(19,20)13(3)11-16/h6-10,13,15,17H,4-5,12H2,1-3H3. The van der Waals surface area contributed by atoms with E-state index in [0.717, 1.165) is 18.7 Å². The molecular weight excluding hydrogens is 286 g/mol. The molecule has 116 valence electrons. The van der Waals surface area contributed by atoms with E-state index in [9.17, 15) is 8.42 Å². The number of benzene rings is 1. The van der Waals surface area contributed by atoms with Gasteiger partial charge in [0.2, 0.25) is 10.0 Å². The fourth-order valence-electron chi connectivity index (χ4n) is 2.19. The van der Waals surface area contributed by atoms with Crippen LogP contribution in [0.25, 0.3) is 0 Å². The summed E-state index contributed by atoms with van der Waals surface area (Å²) >= 11 is 0. The fourth-order valence-corrected chi connectivity index (χ4v) is 2.97. The SMILES string of the molecule is CCN(CC)C(CNS(=O)(=O)C(C)C#N)c1ccccc1. The Hall–Kier alpha value is -1.42. The molecule has 2 atom stereocenters. The van der Waals surface area contributed by atoms with Gasteiger partial charge in [-0.1, -0.05) is 44.2 Å². The first-order valence-electron chi connectivity index (χ1n) is 7.13. The van der Waals surface area contributed by atoms with Crippen molar-refractivity contribution in [1.82, 2.24) is 9.62 Å². The number of nitrogens with zero attached hydrogens (tertiary/aromatic N) is 2. The summed E-state index contributed by atoms with van der Waals surface area (Å²) in [5.74, 6) is 0. The van der Waals surface area contributed by atoms with Crippen LogP contribution in [-0.4, -0.2) is 38.2 Å². The van der Waals surface area contributed by atoms with Gasteiger partial charge in [-0.15, -0.1) is 0 Å². The van der Waals surface area contributed by atoms with Crippen LogP contribution in [0.5, 0.6) is 0 Å². The minimum Gasteiger partial charge on any atom is -0.296 e. The van der Waals surface area contributed by atoms with E-state index in [1.807, 2.05) is 44.2 Å². The molecule has 0 aliphatic rings. The molecule has 1 rings (SSSR count). The van der Waals surface area contributed by atoms with E-state index in [4.69, 9.17) is 5.26 Å². The van der Waals surface area contributed by atoms with Gasteiger partial charge in [0.1, 0.15) is 0 Å². The van der Waals surface area contributed by atoms with E-state index in [1.165, 1.54) is 6.92 Å². The van der Waals surface area contributed by atoms with E-state index in [0.29, 0.717) is 0 Å². The lowest BCUT2D eigenvalue weighted by Crippen LogP contribution is -2.40. The highest BCUT2D eigenvalue weighted by atomic mass is 32.2. The van der Waals surface area contributed by atoms with Crippen LogP contribution >= 0.6 is 0 Å². The Kier molecular flexibility index (Phi) is 6.82. The number of hydrogen-bond donors (Lipinski definition) is 1. The van der Waals surface area contributed by atoms with E-state index in [1.54, 1.807) is 6.07 Å². The van der Waals surface area contributed by atoms with Gasteiger partial charge in [-0.2, -0.15) is 5.26 Å². The van der Waals surface area contributed by atoms with Crippen molar-refractivity contribution in [3.8, 4) is 6.07 Å². The third kappa shape index (κ3) is 4.81. The first kappa shape index (κ1) is 17.6. The van der Waals surface area contributed by atoms with Crippen molar-refractivity contribution in [3.63, 3.8) is 0 Å². The molecule has 2 unspecified atom stereocenters. The minimum atomic E-state index is -3.60.